The zero-order valence-corrected chi connectivity index (χ0v) is 13.3. The molecule has 1 aliphatic heterocycles. The standard InChI is InChI=1S/C16H20N6O2/c1-2-3-6-11-9-22-14-12(19-16(22)23)13(17)20-15(21-14)18-7-4-5-8-24-10-11/h2-3,6,10H,1,4-5,7-9H2,(H,19,23)(H3,17,18,20,21)/b6-3-,11-10+. The number of allylic oxidation sites excluding steroid dienone is 4. The first-order valence-electron chi connectivity index (χ1n) is 7.78. The Bertz CT molecular complexity index is 861. The maximum Gasteiger partial charge on any atom is 0.328 e. The highest BCUT2D eigenvalue weighted by Crippen LogP contribution is 2.18. The SMILES string of the molecule is C=C/C=C\C1=C/OCCCCNc2nc(N)c3[nH]c(=O)n(c3n2)C1. The second kappa shape index (κ2) is 7.03. The Morgan fingerprint density at radius 3 is 3.08 bits per heavy atom. The lowest BCUT2D eigenvalue weighted by Gasteiger charge is -2.06. The molecule has 0 atom stereocenters. The predicted octanol–water partition coefficient (Wildman–Crippen LogP) is 1.55. The van der Waals surface area contributed by atoms with Gasteiger partial charge in [0.25, 0.3) is 0 Å². The van der Waals surface area contributed by atoms with Crippen molar-refractivity contribution in [3.8, 4) is 0 Å². The molecule has 1 aliphatic rings. The molecule has 0 saturated carbocycles. The van der Waals surface area contributed by atoms with Crippen molar-refractivity contribution in [2.45, 2.75) is 19.4 Å². The van der Waals surface area contributed by atoms with Crippen molar-refractivity contribution in [3.63, 3.8) is 0 Å². The van der Waals surface area contributed by atoms with Crippen LogP contribution in [0.1, 0.15) is 12.8 Å². The smallest absolute Gasteiger partial charge is 0.328 e. The summed E-state index contributed by atoms with van der Waals surface area (Å²) in [7, 11) is 0. The molecule has 0 spiro atoms. The van der Waals surface area contributed by atoms with Crippen molar-refractivity contribution in [3.05, 3.63) is 47.1 Å². The topological polar surface area (TPSA) is 111 Å². The van der Waals surface area contributed by atoms with E-state index >= 15 is 0 Å². The summed E-state index contributed by atoms with van der Waals surface area (Å²) >= 11 is 0. The summed E-state index contributed by atoms with van der Waals surface area (Å²) in [6.45, 7) is 5.27. The van der Waals surface area contributed by atoms with Crippen molar-refractivity contribution in [2.24, 2.45) is 0 Å². The summed E-state index contributed by atoms with van der Waals surface area (Å²) in [4.78, 5) is 23.7. The number of nitrogen functional groups attached to an aromatic ring is 1. The minimum Gasteiger partial charge on any atom is -0.501 e. The Hall–Kier alpha value is -3.03. The van der Waals surface area contributed by atoms with Crippen LogP contribution in [0.5, 0.6) is 0 Å². The molecule has 0 unspecified atom stereocenters. The van der Waals surface area contributed by atoms with Crippen LogP contribution in [-0.2, 0) is 11.3 Å². The average molecular weight is 328 g/mol. The quantitative estimate of drug-likeness (QED) is 0.721. The Kier molecular flexibility index (Phi) is 4.64. The molecule has 0 aliphatic carbocycles. The molecule has 0 saturated heterocycles. The van der Waals surface area contributed by atoms with Crippen LogP contribution in [0.4, 0.5) is 11.8 Å². The molecule has 3 rings (SSSR count). The van der Waals surface area contributed by atoms with Crippen LogP contribution in [0, 0.1) is 0 Å². The number of hydrogen-bond donors (Lipinski definition) is 3. The van der Waals surface area contributed by atoms with Crippen LogP contribution in [-0.4, -0.2) is 32.7 Å². The van der Waals surface area contributed by atoms with Crippen LogP contribution < -0.4 is 16.7 Å². The van der Waals surface area contributed by atoms with E-state index in [9.17, 15) is 4.79 Å². The maximum atomic E-state index is 12.3. The molecular weight excluding hydrogens is 308 g/mol. The van der Waals surface area contributed by atoms with E-state index in [-0.39, 0.29) is 11.5 Å². The highest BCUT2D eigenvalue weighted by atomic mass is 16.5. The van der Waals surface area contributed by atoms with Crippen LogP contribution in [0.15, 0.2) is 41.4 Å². The van der Waals surface area contributed by atoms with Crippen molar-refractivity contribution in [1.29, 1.82) is 0 Å². The Balaban J connectivity index is 2.11. The number of H-pyrrole nitrogens is 1. The Morgan fingerprint density at radius 1 is 1.38 bits per heavy atom. The van der Waals surface area contributed by atoms with Crippen LogP contribution in [0.3, 0.4) is 0 Å². The van der Waals surface area contributed by atoms with E-state index in [1.807, 2.05) is 6.08 Å². The lowest BCUT2D eigenvalue weighted by molar-refractivity contribution is 0.240. The van der Waals surface area contributed by atoms with Gasteiger partial charge in [-0.15, -0.1) is 0 Å². The Morgan fingerprint density at radius 2 is 2.25 bits per heavy atom. The number of ether oxygens (including phenoxy) is 1. The van der Waals surface area contributed by atoms with E-state index in [4.69, 9.17) is 10.5 Å². The number of fused-ring (bicyclic) bond motifs is 1. The van der Waals surface area contributed by atoms with E-state index in [0.717, 1.165) is 18.4 Å². The van der Waals surface area contributed by atoms with E-state index in [0.29, 0.717) is 36.8 Å². The lowest BCUT2D eigenvalue weighted by atomic mass is 10.2. The van der Waals surface area contributed by atoms with Gasteiger partial charge in [-0.25, -0.2) is 4.79 Å². The van der Waals surface area contributed by atoms with Crippen molar-refractivity contribution < 1.29 is 4.74 Å². The van der Waals surface area contributed by atoms with Gasteiger partial charge in [0.2, 0.25) is 5.95 Å². The third kappa shape index (κ3) is 3.32. The fraction of sp³-hybridized carbons (Fsp3) is 0.312. The maximum absolute atomic E-state index is 12.3. The molecule has 8 nitrogen and oxygen atoms in total. The minimum absolute atomic E-state index is 0.247. The molecule has 126 valence electrons. The number of nitrogens with one attached hydrogen (secondary N) is 2. The lowest BCUT2D eigenvalue weighted by Crippen LogP contribution is -2.18. The summed E-state index contributed by atoms with van der Waals surface area (Å²) in [6, 6.07) is 0. The minimum atomic E-state index is -0.295. The first-order valence-corrected chi connectivity index (χ1v) is 7.78. The van der Waals surface area contributed by atoms with Gasteiger partial charge < -0.3 is 20.8 Å². The summed E-state index contributed by atoms with van der Waals surface area (Å²) in [5.74, 6) is 0.664. The zero-order valence-electron chi connectivity index (χ0n) is 13.3. The van der Waals surface area contributed by atoms with E-state index < -0.39 is 0 Å². The van der Waals surface area contributed by atoms with Crippen LogP contribution >= 0.6 is 0 Å². The number of rotatable bonds is 2. The summed E-state index contributed by atoms with van der Waals surface area (Å²) in [5.41, 5.74) is 7.39. The van der Waals surface area contributed by atoms with Gasteiger partial charge in [-0.1, -0.05) is 24.8 Å². The first-order chi connectivity index (χ1) is 11.7. The van der Waals surface area contributed by atoms with E-state index in [1.165, 1.54) is 4.57 Å². The number of nitrogens with zero attached hydrogens (tertiary/aromatic N) is 3. The van der Waals surface area contributed by atoms with Crippen molar-refractivity contribution >= 4 is 22.9 Å². The number of hydrogen-bond acceptors (Lipinski definition) is 6. The normalized spacial score (nSPS) is 18.1. The van der Waals surface area contributed by atoms with Gasteiger partial charge in [-0.05, 0) is 12.8 Å². The summed E-state index contributed by atoms with van der Waals surface area (Å²) in [5, 5.41) is 3.13. The van der Waals surface area contributed by atoms with Gasteiger partial charge in [0.05, 0.1) is 19.4 Å². The molecule has 0 aromatic carbocycles. The molecule has 2 bridgehead atoms. The molecule has 0 radical (unpaired) electrons. The van der Waals surface area contributed by atoms with Crippen LogP contribution in [0.25, 0.3) is 11.2 Å². The van der Waals surface area contributed by atoms with Gasteiger partial charge in [-0.3, -0.25) is 4.57 Å². The van der Waals surface area contributed by atoms with Crippen LogP contribution in [0.2, 0.25) is 0 Å². The van der Waals surface area contributed by atoms with E-state index in [1.54, 1.807) is 18.4 Å². The van der Waals surface area contributed by atoms with Gasteiger partial charge >= 0.3 is 5.69 Å². The van der Waals surface area contributed by atoms with Gasteiger partial charge in [-0.2, -0.15) is 9.97 Å². The average Bonchev–Trinajstić information content (AvgIpc) is 2.88. The molecule has 4 N–H and O–H groups in total. The molecule has 8 heteroatoms. The van der Waals surface area contributed by atoms with Gasteiger partial charge in [0.15, 0.2) is 11.5 Å². The summed E-state index contributed by atoms with van der Waals surface area (Å²) in [6.07, 6.45) is 8.79. The fourth-order valence-electron chi connectivity index (χ4n) is 2.46. The summed E-state index contributed by atoms with van der Waals surface area (Å²) < 4.78 is 7.10. The molecule has 0 fully saturated rings. The highest BCUT2D eigenvalue weighted by molar-refractivity contribution is 5.82. The van der Waals surface area contributed by atoms with Crippen molar-refractivity contribution in [1.82, 2.24) is 19.5 Å². The number of imidazole rings is 1. The second-order valence-corrected chi connectivity index (χ2v) is 5.44. The van der Waals surface area contributed by atoms with Crippen molar-refractivity contribution in [2.75, 3.05) is 24.2 Å². The Labute approximate surface area is 138 Å². The third-order valence-corrected chi connectivity index (χ3v) is 3.64. The number of anilines is 2. The fourth-order valence-corrected chi connectivity index (χ4v) is 2.46. The number of aromatic nitrogens is 4. The predicted molar refractivity (Wildman–Crippen MR) is 93.7 cm³/mol. The monoisotopic (exact) mass is 328 g/mol. The zero-order chi connectivity index (χ0) is 16.9. The van der Waals surface area contributed by atoms with E-state index in [2.05, 4.69) is 26.8 Å². The molecular formula is C16H20N6O2. The first kappa shape index (κ1) is 15.9. The van der Waals surface area contributed by atoms with Gasteiger partial charge in [0.1, 0.15) is 5.52 Å². The molecule has 2 aromatic heterocycles. The molecule has 3 heterocycles. The van der Waals surface area contributed by atoms with Gasteiger partial charge in [0, 0.05) is 12.1 Å². The third-order valence-electron chi connectivity index (χ3n) is 3.64. The number of aromatic amines is 1. The largest absolute Gasteiger partial charge is 0.501 e. The molecule has 0 amide bonds. The molecule has 24 heavy (non-hydrogen) atoms. The second-order valence-electron chi connectivity index (χ2n) is 5.44. The molecule has 2 aromatic rings. The highest BCUT2D eigenvalue weighted by Gasteiger charge is 2.14. The number of nitrogens with two attached hydrogens (primary N) is 1.